The highest BCUT2D eigenvalue weighted by Gasteiger charge is 2.15. The lowest BCUT2D eigenvalue weighted by Gasteiger charge is -2.10. The van der Waals surface area contributed by atoms with Crippen molar-refractivity contribution in [3.05, 3.63) is 53.6 Å². The number of amides is 1. The maximum absolute atomic E-state index is 12.5. The normalized spacial score (nSPS) is 11.2. The minimum atomic E-state index is -3.77. The van der Waals surface area contributed by atoms with E-state index >= 15 is 0 Å². The van der Waals surface area contributed by atoms with Crippen LogP contribution >= 0.6 is 11.6 Å². The van der Waals surface area contributed by atoms with Crippen molar-refractivity contribution in [2.45, 2.75) is 24.7 Å². The average Bonchev–Trinajstić information content (AvgIpc) is 2.61. The number of hydrogen-bond donors (Lipinski definition) is 2. The van der Waals surface area contributed by atoms with Gasteiger partial charge in [-0.3, -0.25) is 9.52 Å². The predicted octanol–water partition coefficient (Wildman–Crippen LogP) is 3.90. The van der Waals surface area contributed by atoms with Crippen molar-refractivity contribution in [2.75, 3.05) is 23.3 Å². The first kappa shape index (κ1) is 20.2. The number of hydrogen-bond acceptors (Lipinski definition) is 4. The fraction of sp³-hybridized carbons (Fsp3) is 0.278. The van der Waals surface area contributed by atoms with Crippen molar-refractivity contribution in [3.63, 3.8) is 0 Å². The lowest BCUT2D eigenvalue weighted by molar-refractivity contribution is -0.116. The zero-order valence-electron chi connectivity index (χ0n) is 14.4. The van der Waals surface area contributed by atoms with Gasteiger partial charge in [0.1, 0.15) is 0 Å². The van der Waals surface area contributed by atoms with Gasteiger partial charge in [-0.25, -0.2) is 8.42 Å². The van der Waals surface area contributed by atoms with Crippen LogP contribution in [-0.2, 0) is 19.6 Å². The van der Waals surface area contributed by atoms with E-state index in [0.29, 0.717) is 42.5 Å². The Balaban J connectivity index is 2.02. The molecule has 0 aliphatic heterocycles. The summed E-state index contributed by atoms with van der Waals surface area (Å²) in [5.74, 6) is -0.190. The van der Waals surface area contributed by atoms with Gasteiger partial charge in [-0.05, 0) is 55.8 Å². The van der Waals surface area contributed by atoms with Crippen molar-refractivity contribution in [2.24, 2.45) is 0 Å². The summed E-state index contributed by atoms with van der Waals surface area (Å²) in [6.07, 6.45) is 0.912. The van der Waals surface area contributed by atoms with E-state index in [9.17, 15) is 13.2 Å². The van der Waals surface area contributed by atoms with Gasteiger partial charge in [0.15, 0.2) is 0 Å². The molecule has 6 nitrogen and oxygen atoms in total. The van der Waals surface area contributed by atoms with Crippen molar-refractivity contribution in [1.29, 1.82) is 0 Å². The highest BCUT2D eigenvalue weighted by atomic mass is 35.5. The number of halogens is 1. The topological polar surface area (TPSA) is 84.5 Å². The van der Waals surface area contributed by atoms with E-state index in [-0.39, 0.29) is 10.8 Å². The van der Waals surface area contributed by atoms with Gasteiger partial charge in [0.2, 0.25) is 5.91 Å². The van der Waals surface area contributed by atoms with Crippen LogP contribution in [0.5, 0.6) is 0 Å². The summed E-state index contributed by atoms with van der Waals surface area (Å²) in [5.41, 5.74) is 0.824. The van der Waals surface area contributed by atoms with Gasteiger partial charge in [0, 0.05) is 36.0 Å². The van der Waals surface area contributed by atoms with Gasteiger partial charge in [-0.2, -0.15) is 0 Å². The molecule has 2 rings (SSSR count). The van der Waals surface area contributed by atoms with Crippen molar-refractivity contribution < 1.29 is 17.9 Å². The molecular formula is C18H21ClN2O4S. The highest BCUT2D eigenvalue weighted by Crippen LogP contribution is 2.20. The number of carbonyl (C=O) groups is 1. The molecule has 140 valence electrons. The molecule has 2 N–H and O–H groups in total. The van der Waals surface area contributed by atoms with Gasteiger partial charge in [-0.15, -0.1) is 0 Å². The molecule has 1 amide bonds. The lowest BCUT2D eigenvalue weighted by Crippen LogP contribution is -2.15. The second-order valence-corrected chi connectivity index (χ2v) is 7.61. The van der Waals surface area contributed by atoms with E-state index in [2.05, 4.69) is 10.0 Å². The minimum Gasteiger partial charge on any atom is -0.382 e. The van der Waals surface area contributed by atoms with Gasteiger partial charge in [0.25, 0.3) is 10.0 Å². The number of carbonyl (C=O) groups excluding carboxylic acids is 1. The van der Waals surface area contributed by atoms with Gasteiger partial charge < -0.3 is 10.1 Å². The Bertz CT molecular complexity index is 839. The molecule has 0 aliphatic rings. The molecule has 0 spiro atoms. The van der Waals surface area contributed by atoms with E-state index in [4.69, 9.17) is 16.3 Å². The Morgan fingerprint density at radius 3 is 2.54 bits per heavy atom. The maximum Gasteiger partial charge on any atom is 0.261 e. The van der Waals surface area contributed by atoms with Gasteiger partial charge in [-0.1, -0.05) is 17.7 Å². The molecule has 0 radical (unpaired) electrons. The quantitative estimate of drug-likeness (QED) is 0.629. The van der Waals surface area contributed by atoms with Crippen LogP contribution in [0.15, 0.2) is 53.4 Å². The molecule has 0 aromatic heterocycles. The van der Waals surface area contributed by atoms with Crippen LogP contribution in [0.25, 0.3) is 0 Å². The smallest absolute Gasteiger partial charge is 0.261 e. The summed E-state index contributed by atoms with van der Waals surface area (Å²) >= 11 is 5.80. The monoisotopic (exact) mass is 396 g/mol. The second kappa shape index (κ2) is 9.56. The second-order valence-electron chi connectivity index (χ2n) is 5.49. The number of rotatable bonds is 9. The van der Waals surface area contributed by atoms with Crippen LogP contribution in [0, 0.1) is 0 Å². The molecule has 2 aromatic rings. The molecule has 0 bridgehead atoms. The molecule has 8 heteroatoms. The SMILES string of the molecule is CCOCCCC(=O)Nc1cccc(S(=O)(=O)Nc2ccc(Cl)cc2)c1. The van der Waals surface area contributed by atoms with Crippen LogP contribution in [0.3, 0.4) is 0 Å². The molecule has 26 heavy (non-hydrogen) atoms. The maximum atomic E-state index is 12.5. The third kappa shape index (κ3) is 6.33. The summed E-state index contributed by atoms with van der Waals surface area (Å²) < 4.78 is 32.7. The molecule has 0 fully saturated rings. The fourth-order valence-electron chi connectivity index (χ4n) is 2.18. The zero-order valence-corrected chi connectivity index (χ0v) is 15.9. The number of benzene rings is 2. The standard InChI is InChI=1S/C18H21ClN2O4S/c1-2-25-12-4-7-18(22)20-16-5-3-6-17(13-16)26(23,24)21-15-10-8-14(19)9-11-15/h3,5-6,8-11,13,21H,2,4,7,12H2,1H3,(H,20,22). The Labute approximate surface area is 158 Å². The summed E-state index contributed by atoms with van der Waals surface area (Å²) in [4.78, 5) is 12.0. The Morgan fingerprint density at radius 2 is 1.85 bits per heavy atom. The molecule has 0 saturated carbocycles. The van der Waals surface area contributed by atoms with Gasteiger partial charge in [0.05, 0.1) is 4.90 Å². The van der Waals surface area contributed by atoms with Crippen LogP contribution in [0.2, 0.25) is 5.02 Å². The first-order valence-corrected chi connectivity index (χ1v) is 10.0. The van der Waals surface area contributed by atoms with Crippen molar-refractivity contribution in [1.82, 2.24) is 0 Å². The van der Waals surface area contributed by atoms with Crippen LogP contribution < -0.4 is 10.0 Å². The summed E-state index contributed by atoms with van der Waals surface area (Å²) in [7, 11) is -3.77. The predicted molar refractivity (Wildman–Crippen MR) is 103 cm³/mol. The molecule has 0 atom stereocenters. The van der Waals surface area contributed by atoms with Crippen molar-refractivity contribution in [3.8, 4) is 0 Å². The van der Waals surface area contributed by atoms with Crippen LogP contribution in [-0.4, -0.2) is 27.5 Å². The minimum absolute atomic E-state index is 0.0552. The highest BCUT2D eigenvalue weighted by molar-refractivity contribution is 7.92. The average molecular weight is 397 g/mol. The third-order valence-electron chi connectivity index (χ3n) is 3.42. The van der Waals surface area contributed by atoms with E-state index in [1.807, 2.05) is 6.92 Å². The Kier molecular flexibility index (Phi) is 7.44. The molecule has 0 saturated heterocycles. The number of nitrogens with one attached hydrogen (secondary N) is 2. The first-order chi connectivity index (χ1) is 12.4. The van der Waals surface area contributed by atoms with Gasteiger partial charge >= 0.3 is 0 Å². The van der Waals surface area contributed by atoms with Crippen LogP contribution in [0.1, 0.15) is 19.8 Å². The largest absolute Gasteiger partial charge is 0.382 e. The Hall–Kier alpha value is -2.09. The number of ether oxygens (including phenoxy) is 1. The molecular weight excluding hydrogens is 376 g/mol. The molecule has 2 aromatic carbocycles. The summed E-state index contributed by atoms with van der Waals surface area (Å²) in [6, 6.07) is 12.4. The zero-order chi connectivity index (χ0) is 19.0. The molecule has 0 unspecified atom stereocenters. The summed E-state index contributed by atoms with van der Waals surface area (Å²) in [5, 5.41) is 3.21. The fourth-order valence-corrected chi connectivity index (χ4v) is 3.41. The van der Waals surface area contributed by atoms with Crippen molar-refractivity contribution >= 4 is 38.9 Å². The Morgan fingerprint density at radius 1 is 1.12 bits per heavy atom. The molecule has 0 aliphatic carbocycles. The van der Waals surface area contributed by atoms with E-state index in [1.54, 1.807) is 36.4 Å². The van der Waals surface area contributed by atoms with E-state index in [0.717, 1.165) is 0 Å². The van der Waals surface area contributed by atoms with E-state index < -0.39 is 10.0 Å². The molecule has 0 heterocycles. The van der Waals surface area contributed by atoms with Crippen LogP contribution in [0.4, 0.5) is 11.4 Å². The van der Waals surface area contributed by atoms with E-state index in [1.165, 1.54) is 12.1 Å². The first-order valence-electron chi connectivity index (χ1n) is 8.17. The number of sulfonamides is 1. The summed E-state index contributed by atoms with van der Waals surface area (Å²) in [6.45, 7) is 3.02. The number of anilines is 2. The third-order valence-corrected chi connectivity index (χ3v) is 5.05. The lowest BCUT2D eigenvalue weighted by atomic mass is 10.2.